The van der Waals surface area contributed by atoms with Crippen molar-refractivity contribution in [2.75, 3.05) is 0 Å². The van der Waals surface area contributed by atoms with Crippen LogP contribution >= 0.6 is 0 Å². The molecule has 6 heteroatoms. The molecule has 1 aliphatic carbocycles. The lowest BCUT2D eigenvalue weighted by Gasteiger charge is -2.43. The summed E-state index contributed by atoms with van der Waals surface area (Å²) in [5, 5.41) is 0. The van der Waals surface area contributed by atoms with E-state index in [-0.39, 0.29) is 23.9 Å². The van der Waals surface area contributed by atoms with E-state index in [4.69, 9.17) is 9.47 Å². The molecule has 1 fully saturated rings. The third kappa shape index (κ3) is 5.29. The van der Waals surface area contributed by atoms with Gasteiger partial charge in [0.05, 0.1) is 12.0 Å². The first-order valence-corrected chi connectivity index (χ1v) is 13.3. The molecule has 1 saturated carbocycles. The zero-order valence-corrected chi connectivity index (χ0v) is 22.9. The number of carbonyl (C=O) groups excluding carboxylic acids is 3. The predicted molar refractivity (Wildman–Crippen MR) is 142 cm³/mol. The van der Waals surface area contributed by atoms with Crippen LogP contribution in [0.5, 0.6) is 0 Å². The number of fused-ring (bicyclic) bond motifs is 1. The summed E-state index contributed by atoms with van der Waals surface area (Å²) in [4.78, 5) is 41.4. The van der Waals surface area contributed by atoms with Gasteiger partial charge in [-0.15, -0.1) is 0 Å². The molecule has 198 valence electrons. The van der Waals surface area contributed by atoms with Crippen molar-refractivity contribution in [3.8, 4) is 0 Å². The van der Waals surface area contributed by atoms with Gasteiger partial charge in [0.1, 0.15) is 11.7 Å². The van der Waals surface area contributed by atoms with Gasteiger partial charge in [-0.25, -0.2) is 9.69 Å². The highest BCUT2D eigenvalue weighted by Crippen LogP contribution is 2.45. The second-order valence-electron chi connectivity index (χ2n) is 12.1. The highest BCUT2D eigenvalue weighted by Gasteiger charge is 2.53. The second-order valence-corrected chi connectivity index (χ2v) is 12.1. The van der Waals surface area contributed by atoms with Crippen molar-refractivity contribution in [3.05, 3.63) is 71.3 Å². The summed E-state index contributed by atoms with van der Waals surface area (Å²) >= 11 is 0. The Labute approximate surface area is 220 Å². The summed E-state index contributed by atoms with van der Waals surface area (Å²) in [5.41, 5.74) is 0.140. The molecule has 1 aliphatic heterocycles. The Morgan fingerprint density at radius 1 is 0.946 bits per heavy atom. The highest BCUT2D eigenvalue weighted by molar-refractivity contribution is 6.08. The molecule has 0 unspecified atom stereocenters. The normalized spacial score (nSPS) is 23.9. The lowest BCUT2D eigenvalue weighted by Crippen LogP contribution is -2.50. The summed E-state index contributed by atoms with van der Waals surface area (Å²) < 4.78 is 11.8. The van der Waals surface area contributed by atoms with E-state index in [9.17, 15) is 14.4 Å². The zero-order valence-electron chi connectivity index (χ0n) is 22.9. The third-order valence-corrected chi connectivity index (χ3v) is 7.93. The maximum Gasteiger partial charge on any atom is 0.417 e. The molecule has 6 nitrogen and oxygen atoms in total. The Bertz CT molecular complexity index is 1170. The van der Waals surface area contributed by atoms with Gasteiger partial charge in [-0.05, 0) is 69.6 Å². The average Bonchev–Trinajstić information content (AvgIpc) is 3.05. The van der Waals surface area contributed by atoms with Crippen molar-refractivity contribution in [1.82, 2.24) is 4.90 Å². The number of imide groups is 1. The van der Waals surface area contributed by atoms with Crippen LogP contribution in [0.2, 0.25) is 0 Å². The van der Waals surface area contributed by atoms with Crippen LogP contribution in [-0.4, -0.2) is 34.6 Å². The number of carbonyl (C=O) groups is 3. The molecule has 3 atom stereocenters. The predicted octanol–water partition coefficient (Wildman–Crippen LogP) is 6.76. The smallest absolute Gasteiger partial charge is 0.417 e. The standard InChI is InChI=1S/C31H39NO5/c1-29(2,3)37-26(33)20-31(6)23-17-11-10-16-22(23)27(34)32(31)28(35)36-25-19-13-12-18-24(25)30(4,5)21-14-8-7-9-15-21/h7-11,14-17,24-25H,12-13,18-20H2,1-6H3/t24-,25-,31+/m0/s1. The number of hydrogen-bond acceptors (Lipinski definition) is 5. The Kier molecular flexibility index (Phi) is 7.24. The fourth-order valence-electron chi connectivity index (χ4n) is 6.05. The summed E-state index contributed by atoms with van der Waals surface area (Å²) in [6, 6.07) is 17.4. The fraction of sp³-hybridized carbons (Fsp3) is 0.516. The number of nitrogens with zero attached hydrogens (tertiary/aromatic N) is 1. The van der Waals surface area contributed by atoms with E-state index in [1.165, 1.54) is 5.56 Å². The SMILES string of the molecule is CC(C)(C)OC(=O)C[C@]1(C)c2ccccc2C(=O)N1C(=O)O[C@H]1CCCC[C@@H]1C(C)(C)c1ccccc1. The Morgan fingerprint density at radius 2 is 1.57 bits per heavy atom. The first-order chi connectivity index (χ1) is 17.3. The van der Waals surface area contributed by atoms with Gasteiger partial charge in [-0.3, -0.25) is 9.59 Å². The van der Waals surface area contributed by atoms with E-state index in [0.29, 0.717) is 11.1 Å². The quantitative estimate of drug-likeness (QED) is 0.420. The molecule has 0 saturated heterocycles. The minimum atomic E-state index is -1.20. The van der Waals surface area contributed by atoms with Gasteiger partial charge >= 0.3 is 12.1 Å². The third-order valence-electron chi connectivity index (χ3n) is 7.93. The lowest BCUT2D eigenvalue weighted by atomic mass is 9.66. The molecule has 4 rings (SSSR count). The van der Waals surface area contributed by atoms with Crippen LogP contribution in [0.4, 0.5) is 4.79 Å². The van der Waals surface area contributed by atoms with Gasteiger partial charge in [0, 0.05) is 11.5 Å². The molecule has 0 radical (unpaired) electrons. The van der Waals surface area contributed by atoms with Crippen LogP contribution in [0.3, 0.4) is 0 Å². The summed E-state index contributed by atoms with van der Waals surface area (Å²) in [5.74, 6) is -0.816. The minimum absolute atomic E-state index is 0.102. The molecule has 0 N–H and O–H groups in total. The van der Waals surface area contributed by atoms with Crippen molar-refractivity contribution >= 4 is 18.0 Å². The van der Waals surface area contributed by atoms with Crippen molar-refractivity contribution in [3.63, 3.8) is 0 Å². The second kappa shape index (κ2) is 9.96. The van der Waals surface area contributed by atoms with Crippen LogP contribution in [-0.2, 0) is 25.2 Å². The Balaban J connectivity index is 1.63. The van der Waals surface area contributed by atoms with Gasteiger partial charge in [0.2, 0.25) is 0 Å². The van der Waals surface area contributed by atoms with Crippen molar-refractivity contribution < 1.29 is 23.9 Å². The van der Waals surface area contributed by atoms with Gasteiger partial charge < -0.3 is 9.47 Å². The molecule has 2 aromatic rings. The molecule has 37 heavy (non-hydrogen) atoms. The van der Waals surface area contributed by atoms with Crippen molar-refractivity contribution in [1.29, 1.82) is 0 Å². The molecule has 0 spiro atoms. The summed E-state index contributed by atoms with van der Waals surface area (Å²) in [7, 11) is 0. The first-order valence-electron chi connectivity index (χ1n) is 13.3. The average molecular weight is 506 g/mol. The summed E-state index contributed by atoms with van der Waals surface area (Å²) in [6.45, 7) is 11.5. The summed E-state index contributed by atoms with van der Waals surface area (Å²) in [6.07, 6.45) is 2.52. The van der Waals surface area contributed by atoms with Gasteiger partial charge in [-0.1, -0.05) is 68.8 Å². The molecule has 0 aromatic heterocycles. The van der Waals surface area contributed by atoms with Crippen LogP contribution in [0.25, 0.3) is 0 Å². The van der Waals surface area contributed by atoms with Crippen LogP contribution in [0, 0.1) is 5.92 Å². The molecule has 2 aliphatic rings. The van der Waals surface area contributed by atoms with E-state index in [1.807, 2.05) is 24.3 Å². The van der Waals surface area contributed by atoms with Crippen molar-refractivity contribution in [2.45, 2.75) is 96.3 Å². The molecular formula is C31H39NO5. The van der Waals surface area contributed by atoms with Gasteiger partial charge in [0.15, 0.2) is 0 Å². The van der Waals surface area contributed by atoms with Gasteiger partial charge in [-0.2, -0.15) is 0 Å². The maximum atomic E-state index is 13.8. The largest absolute Gasteiger partial charge is 0.460 e. The topological polar surface area (TPSA) is 72.9 Å². The monoisotopic (exact) mass is 505 g/mol. The van der Waals surface area contributed by atoms with E-state index < -0.39 is 29.1 Å². The Morgan fingerprint density at radius 3 is 2.24 bits per heavy atom. The fourth-order valence-corrected chi connectivity index (χ4v) is 6.05. The molecule has 2 aromatic carbocycles. The Hall–Kier alpha value is -3.15. The van der Waals surface area contributed by atoms with E-state index >= 15 is 0 Å². The minimum Gasteiger partial charge on any atom is -0.460 e. The molecule has 2 amide bonds. The van der Waals surface area contributed by atoms with Crippen LogP contribution in [0.1, 0.15) is 95.1 Å². The van der Waals surface area contributed by atoms with E-state index in [1.54, 1.807) is 45.9 Å². The molecular weight excluding hydrogens is 466 g/mol. The van der Waals surface area contributed by atoms with Gasteiger partial charge in [0.25, 0.3) is 5.91 Å². The van der Waals surface area contributed by atoms with Crippen LogP contribution in [0.15, 0.2) is 54.6 Å². The molecule has 0 bridgehead atoms. The number of amides is 2. The van der Waals surface area contributed by atoms with Crippen LogP contribution < -0.4 is 0 Å². The number of ether oxygens (including phenoxy) is 2. The number of hydrogen-bond donors (Lipinski definition) is 0. The van der Waals surface area contributed by atoms with Crippen molar-refractivity contribution in [2.24, 2.45) is 5.92 Å². The maximum absolute atomic E-state index is 13.8. The van der Waals surface area contributed by atoms with E-state index in [2.05, 4.69) is 26.0 Å². The number of rotatable bonds is 5. The highest BCUT2D eigenvalue weighted by atomic mass is 16.6. The van der Waals surface area contributed by atoms with E-state index in [0.717, 1.165) is 30.6 Å². The zero-order chi connectivity index (χ0) is 27.0. The number of benzene rings is 2. The number of esters is 1. The lowest BCUT2D eigenvalue weighted by molar-refractivity contribution is -0.157. The molecule has 1 heterocycles. The first kappa shape index (κ1) is 26.9.